The van der Waals surface area contributed by atoms with Gasteiger partial charge in [-0.2, -0.15) is 5.10 Å². The average Bonchev–Trinajstić information content (AvgIpc) is 3.28. The zero-order valence-corrected chi connectivity index (χ0v) is 18.1. The van der Waals surface area contributed by atoms with E-state index < -0.39 is 6.43 Å². The van der Waals surface area contributed by atoms with Gasteiger partial charge < -0.3 is 9.42 Å². The molecule has 3 aromatic rings. The number of aryl methyl sites for hydroxylation is 3. The molecule has 31 heavy (non-hydrogen) atoms. The van der Waals surface area contributed by atoms with E-state index in [0.717, 1.165) is 18.7 Å². The van der Waals surface area contributed by atoms with Crippen LogP contribution >= 0.6 is 0 Å². The van der Waals surface area contributed by atoms with E-state index in [0.29, 0.717) is 36.7 Å². The number of alkyl halides is 2. The Bertz CT molecular complexity index is 1110. The van der Waals surface area contributed by atoms with E-state index in [1.54, 1.807) is 16.5 Å². The number of hydrogen-bond donors (Lipinski definition) is 0. The van der Waals surface area contributed by atoms with Crippen molar-refractivity contribution in [2.24, 2.45) is 0 Å². The van der Waals surface area contributed by atoms with Gasteiger partial charge in [0.1, 0.15) is 11.6 Å². The Labute approximate surface area is 178 Å². The first kappa shape index (κ1) is 21.3. The van der Waals surface area contributed by atoms with Crippen LogP contribution in [0.25, 0.3) is 11.1 Å². The van der Waals surface area contributed by atoms with Gasteiger partial charge in [-0.3, -0.25) is 4.79 Å². The molecule has 1 amide bonds. The molecule has 2 atom stereocenters. The molecule has 0 aromatic carbocycles. The molecule has 166 valence electrons. The second-order valence-electron chi connectivity index (χ2n) is 8.27. The summed E-state index contributed by atoms with van der Waals surface area (Å²) in [5.41, 5.74) is 0.928. The number of likely N-dealkylation sites (tertiary alicyclic amines) is 1. The minimum Gasteiger partial charge on any atom is -0.342 e. The SMILES string of the molecule is Cc1nc(C)n([C@H](C)CC(=O)N2CCC[C@H](c3cc(C(F)F)c4c(C)noc4n3)C2)n1. The summed E-state index contributed by atoms with van der Waals surface area (Å²) in [7, 11) is 0. The minimum absolute atomic E-state index is 0.00965. The van der Waals surface area contributed by atoms with Crippen molar-refractivity contribution in [2.45, 2.75) is 65.3 Å². The van der Waals surface area contributed by atoms with E-state index in [1.165, 1.54) is 6.07 Å². The van der Waals surface area contributed by atoms with Gasteiger partial charge in [0.25, 0.3) is 12.1 Å². The first-order chi connectivity index (χ1) is 14.7. The van der Waals surface area contributed by atoms with Gasteiger partial charge in [0.15, 0.2) is 0 Å². The van der Waals surface area contributed by atoms with Crippen molar-refractivity contribution >= 4 is 17.0 Å². The lowest BCUT2D eigenvalue weighted by Crippen LogP contribution is -2.40. The van der Waals surface area contributed by atoms with Gasteiger partial charge in [-0.1, -0.05) is 5.16 Å². The van der Waals surface area contributed by atoms with E-state index in [1.807, 2.05) is 20.8 Å². The van der Waals surface area contributed by atoms with Crippen LogP contribution in [0.3, 0.4) is 0 Å². The number of carbonyl (C=O) groups is 1. The third-order valence-electron chi connectivity index (χ3n) is 5.89. The van der Waals surface area contributed by atoms with Crippen LogP contribution in [-0.4, -0.2) is 48.8 Å². The van der Waals surface area contributed by atoms with Crippen LogP contribution < -0.4 is 0 Å². The van der Waals surface area contributed by atoms with Crippen molar-refractivity contribution in [1.29, 1.82) is 0 Å². The molecule has 0 radical (unpaired) electrons. The Hall–Kier alpha value is -2.91. The molecule has 0 bridgehead atoms. The summed E-state index contributed by atoms with van der Waals surface area (Å²) in [6, 6.07) is 1.33. The predicted octanol–water partition coefficient (Wildman–Crippen LogP) is 4.03. The van der Waals surface area contributed by atoms with Gasteiger partial charge >= 0.3 is 0 Å². The van der Waals surface area contributed by atoms with Crippen molar-refractivity contribution in [1.82, 2.24) is 29.8 Å². The fourth-order valence-corrected chi connectivity index (χ4v) is 4.40. The van der Waals surface area contributed by atoms with Gasteiger partial charge in [0.05, 0.1) is 17.1 Å². The van der Waals surface area contributed by atoms with Crippen molar-refractivity contribution < 1.29 is 18.1 Å². The number of carbonyl (C=O) groups excluding carboxylic acids is 1. The topological polar surface area (TPSA) is 89.9 Å². The molecular formula is C21H26F2N6O2. The van der Waals surface area contributed by atoms with Gasteiger partial charge in [-0.15, -0.1) is 0 Å². The molecule has 0 saturated carbocycles. The van der Waals surface area contributed by atoms with Crippen LogP contribution in [0, 0.1) is 20.8 Å². The standard InChI is InChI=1S/C21H26F2N6O2/c1-11(29-14(4)24-13(3)26-29)8-18(30)28-7-5-6-15(10-28)17-9-16(20(22)23)19-12(2)27-31-21(19)25-17/h9,11,15,20H,5-8,10H2,1-4H3/t11-,15+/m1/s1. The largest absolute Gasteiger partial charge is 0.342 e. The molecule has 0 unspecified atom stereocenters. The maximum absolute atomic E-state index is 13.7. The highest BCUT2D eigenvalue weighted by Crippen LogP contribution is 2.34. The number of hydrogen-bond acceptors (Lipinski definition) is 6. The Kier molecular flexibility index (Phi) is 5.72. The predicted molar refractivity (Wildman–Crippen MR) is 109 cm³/mol. The average molecular weight is 432 g/mol. The second-order valence-corrected chi connectivity index (χ2v) is 8.27. The molecule has 1 aliphatic rings. The van der Waals surface area contributed by atoms with Crippen LogP contribution in [0.1, 0.15) is 73.2 Å². The van der Waals surface area contributed by atoms with Crippen molar-refractivity contribution in [3.63, 3.8) is 0 Å². The summed E-state index contributed by atoms with van der Waals surface area (Å²) in [6.45, 7) is 8.33. The lowest BCUT2D eigenvalue weighted by molar-refractivity contribution is -0.133. The number of fused-ring (bicyclic) bond motifs is 1. The number of aromatic nitrogens is 5. The second kappa shape index (κ2) is 8.32. The highest BCUT2D eigenvalue weighted by atomic mass is 19.3. The van der Waals surface area contributed by atoms with E-state index in [-0.39, 0.29) is 34.5 Å². The van der Waals surface area contributed by atoms with E-state index in [2.05, 4.69) is 20.2 Å². The van der Waals surface area contributed by atoms with Crippen LogP contribution in [-0.2, 0) is 4.79 Å². The number of pyridine rings is 1. The quantitative estimate of drug-likeness (QED) is 0.605. The van der Waals surface area contributed by atoms with Crippen molar-refractivity contribution in [3.05, 3.63) is 34.7 Å². The molecule has 0 N–H and O–H groups in total. The smallest absolute Gasteiger partial charge is 0.264 e. The lowest BCUT2D eigenvalue weighted by Gasteiger charge is -2.33. The first-order valence-corrected chi connectivity index (χ1v) is 10.5. The van der Waals surface area contributed by atoms with Gasteiger partial charge in [0, 0.05) is 36.7 Å². The van der Waals surface area contributed by atoms with Crippen molar-refractivity contribution in [2.75, 3.05) is 13.1 Å². The van der Waals surface area contributed by atoms with E-state index in [4.69, 9.17) is 4.52 Å². The molecule has 4 heterocycles. The summed E-state index contributed by atoms with van der Waals surface area (Å²) in [4.78, 5) is 23.5. The van der Waals surface area contributed by atoms with Crippen molar-refractivity contribution in [3.8, 4) is 0 Å². The monoisotopic (exact) mass is 432 g/mol. The summed E-state index contributed by atoms with van der Waals surface area (Å²) in [5, 5.41) is 8.43. The Morgan fingerprint density at radius 1 is 1.29 bits per heavy atom. The maximum atomic E-state index is 13.7. The molecule has 0 aliphatic carbocycles. The zero-order valence-electron chi connectivity index (χ0n) is 18.1. The van der Waals surface area contributed by atoms with Crippen LogP contribution in [0.15, 0.2) is 10.6 Å². The number of rotatable bonds is 5. The molecule has 1 fully saturated rings. The van der Waals surface area contributed by atoms with E-state index in [9.17, 15) is 13.6 Å². The lowest BCUT2D eigenvalue weighted by atomic mass is 9.92. The van der Waals surface area contributed by atoms with Crippen LogP contribution in [0.2, 0.25) is 0 Å². The fourth-order valence-electron chi connectivity index (χ4n) is 4.40. The molecule has 4 rings (SSSR count). The van der Waals surface area contributed by atoms with Crippen LogP contribution in [0.4, 0.5) is 8.78 Å². The molecule has 1 aliphatic heterocycles. The van der Waals surface area contributed by atoms with E-state index >= 15 is 0 Å². The fraction of sp³-hybridized carbons (Fsp3) is 0.571. The number of halogens is 2. The molecule has 3 aromatic heterocycles. The summed E-state index contributed by atoms with van der Waals surface area (Å²) < 4.78 is 34.3. The minimum atomic E-state index is -2.65. The third kappa shape index (κ3) is 4.15. The Balaban J connectivity index is 1.52. The number of nitrogens with zero attached hydrogens (tertiary/aromatic N) is 6. The first-order valence-electron chi connectivity index (χ1n) is 10.5. The summed E-state index contributed by atoms with van der Waals surface area (Å²) in [6.07, 6.45) is -0.800. The number of amides is 1. The molecular weight excluding hydrogens is 406 g/mol. The molecule has 10 heteroatoms. The van der Waals surface area contributed by atoms with Gasteiger partial charge in [-0.25, -0.2) is 23.4 Å². The maximum Gasteiger partial charge on any atom is 0.264 e. The molecule has 8 nitrogen and oxygen atoms in total. The normalized spacial score (nSPS) is 18.2. The molecule has 1 saturated heterocycles. The highest BCUT2D eigenvalue weighted by molar-refractivity contribution is 5.80. The highest BCUT2D eigenvalue weighted by Gasteiger charge is 2.29. The number of piperidine rings is 1. The summed E-state index contributed by atoms with van der Waals surface area (Å²) >= 11 is 0. The van der Waals surface area contributed by atoms with Gasteiger partial charge in [-0.05, 0) is 46.6 Å². The molecule has 0 spiro atoms. The van der Waals surface area contributed by atoms with Crippen LogP contribution in [0.5, 0.6) is 0 Å². The third-order valence-corrected chi connectivity index (χ3v) is 5.89. The zero-order chi connectivity index (χ0) is 22.3. The Morgan fingerprint density at radius 2 is 2.06 bits per heavy atom. The summed E-state index contributed by atoms with van der Waals surface area (Å²) in [5.74, 6) is 1.33. The Morgan fingerprint density at radius 3 is 2.74 bits per heavy atom. The van der Waals surface area contributed by atoms with Gasteiger partial charge in [0.2, 0.25) is 5.91 Å².